The lowest BCUT2D eigenvalue weighted by molar-refractivity contribution is -0.118. The maximum atomic E-state index is 12.6. The molecule has 0 spiro atoms. The van der Waals surface area contributed by atoms with E-state index in [9.17, 15) is 9.59 Å². The third kappa shape index (κ3) is 5.23. The van der Waals surface area contributed by atoms with Crippen LogP contribution in [0.15, 0.2) is 72.8 Å². The van der Waals surface area contributed by atoms with E-state index in [1.807, 2.05) is 62.4 Å². The molecule has 1 N–H and O–H groups in total. The Balaban J connectivity index is 1.57. The number of carbonyl (C=O) groups is 2. The Morgan fingerprint density at radius 1 is 0.931 bits per heavy atom. The highest BCUT2D eigenvalue weighted by Crippen LogP contribution is 2.19. The van der Waals surface area contributed by atoms with Gasteiger partial charge in [0.25, 0.3) is 11.8 Å². The molecule has 0 unspecified atom stereocenters. The van der Waals surface area contributed by atoms with Gasteiger partial charge in [-0.1, -0.05) is 35.9 Å². The molecule has 0 aliphatic heterocycles. The molecule has 0 aliphatic rings. The molecule has 2 amide bonds. The molecular weight excluding hydrogens is 364 g/mol. The number of nitrogens with zero attached hydrogens (tertiary/aromatic N) is 1. The first-order valence-corrected chi connectivity index (χ1v) is 9.37. The normalized spacial score (nSPS) is 10.3. The number of benzene rings is 3. The number of nitrogens with one attached hydrogen (secondary N) is 1. The summed E-state index contributed by atoms with van der Waals surface area (Å²) in [6, 6.07) is 22.1. The number of anilines is 2. The van der Waals surface area contributed by atoms with E-state index >= 15 is 0 Å². The summed E-state index contributed by atoms with van der Waals surface area (Å²) in [4.78, 5) is 26.4. The van der Waals surface area contributed by atoms with Crippen LogP contribution in [0.2, 0.25) is 0 Å². The SMILES string of the molecule is Cc1ccc(OCC(=O)Nc2ccc(C(=O)N(C)c3ccccc3)cc2)c(C)c1. The molecule has 0 saturated carbocycles. The van der Waals surface area contributed by atoms with Gasteiger partial charge in [-0.15, -0.1) is 0 Å². The van der Waals surface area contributed by atoms with Crippen LogP contribution in [-0.2, 0) is 4.79 Å². The standard InChI is InChI=1S/C24H24N2O3/c1-17-9-14-22(18(2)15-17)29-16-23(27)25-20-12-10-19(11-13-20)24(28)26(3)21-7-5-4-6-8-21/h4-15H,16H2,1-3H3,(H,25,27). The number of carbonyl (C=O) groups excluding carboxylic acids is 2. The summed E-state index contributed by atoms with van der Waals surface area (Å²) in [7, 11) is 1.73. The fourth-order valence-electron chi connectivity index (χ4n) is 2.96. The van der Waals surface area contributed by atoms with Crippen molar-refractivity contribution in [3.05, 3.63) is 89.5 Å². The van der Waals surface area contributed by atoms with Crippen molar-refractivity contribution in [2.75, 3.05) is 23.9 Å². The van der Waals surface area contributed by atoms with Crippen LogP contribution < -0.4 is 15.0 Å². The third-order valence-electron chi connectivity index (χ3n) is 4.55. The van der Waals surface area contributed by atoms with Crippen LogP contribution in [-0.4, -0.2) is 25.5 Å². The van der Waals surface area contributed by atoms with Gasteiger partial charge in [0.15, 0.2) is 6.61 Å². The zero-order valence-corrected chi connectivity index (χ0v) is 16.8. The second-order valence-corrected chi connectivity index (χ2v) is 6.88. The molecular formula is C24H24N2O3. The lowest BCUT2D eigenvalue weighted by atomic mass is 10.1. The van der Waals surface area contributed by atoms with E-state index in [2.05, 4.69) is 5.32 Å². The summed E-state index contributed by atoms with van der Waals surface area (Å²) in [5, 5.41) is 2.78. The smallest absolute Gasteiger partial charge is 0.262 e. The maximum absolute atomic E-state index is 12.6. The molecule has 3 aromatic carbocycles. The van der Waals surface area contributed by atoms with Crippen molar-refractivity contribution in [1.82, 2.24) is 0 Å². The van der Waals surface area contributed by atoms with Crippen molar-refractivity contribution in [2.45, 2.75) is 13.8 Å². The largest absolute Gasteiger partial charge is 0.483 e. The van der Waals surface area contributed by atoms with Gasteiger partial charge in [0.05, 0.1) is 0 Å². The summed E-state index contributed by atoms with van der Waals surface area (Å²) in [6.07, 6.45) is 0. The predicted octanol–water partition coefficient (Wildman–Crippen LogP) is 4.60. The number of hydrogen-bond donors (Lipinski definition) is 1. The molecule has 0 aliphatic carbocycles. The van der Waals surface area contributed by atoms with Gasteiger partial charge < -0.3 is 15.0 Å². The summed E-state index contributed by atoms with van der Waals surface area (Å²) in [5.74, 6) is 0.313. The molecule has 0 atom stereocenters. The van der Waals surface area contributed by atoms with E-state index in [0.717, 1.165) is 16.8 Å². The van der Waals surface area contributed by atoms with Crippen LogP contribution >= 0.6 is 0 Å². The number of hydrogen-bond acceptors (Lipinski definition) is 3. The number of ether oxygens (including phenoxy) is 1. The van der Waals surface area contributed by atoms with E-state index in [4.69, 9.17) is 4.74 Å². The topological polar surface area (TPSA) is 58.6 Å². The number of amides is 2. The summed E-state index contributed by atoms with van der Waals surface area (Å²) < 4.78 is 5.60. The van der Waals surface area contributed by atoms with Gasteiger partial charge in [0.1, 0.15) is 5.75 Å². The lowest BCUT2D eigenvalue weighted by Gasteiger charge is -2.17. The molecule has 0 bridgehead atoms. The van der Waals surface area contributed by atoms with Crippen molar-refractivity contribution in [2.24, 2.45) is 0 Å². The molecule has 3 aromatic rings. The highest BCUT2D eigenvalue weighted by Gasteiger charge is 2.13. The van der Waals surface area contributed by atoms with Crippen molar-refractivity contribution in [3.8, 4) is 5.75 Å². The van der Waals surface area contributed by atoms with Gasteiger partial charge in [-0.25, -0.2) is 0 Å². The van der Waals surface area contributed by atoms with Gasteiger partial charge in [-0.05, 0) is 61.9 Å². The number of para-hydroxylation sites is 1. The van der Waals surface area contributed by atoms with E-state index < -0.39 is 0 Å². The monoisotopic (exact) mass is 388 g/mol. The highest BCUT2D eigenvalue weighted by atomic mass is 16.5. The zero-order valence-electron chi connectivity index (χ0n) is 16.8. The van der Waals surface area contributed by atoms with E-state index in [0.29, 0.717) is 17.0 Å². The quantitative estimate of drug-likeness (QED) is 0.671. The molecule has 5 heteroatoms. The van der Waals surface area contributed by atoms with Crippen molar-refractivity contribution in [1.29, 1.82) is 0 Å². The van der Waals surface area contributed by atoms with Crippen LogP contribution in [0.4, 0.5) is 11.4 Å². The van der Waals surface area contributed by atoms with Crippen molar-refractivity contribution in [3.63, 3.8) is 0 Å². The third-order valence-corrected chi connectivity index (χ3v) is 4.55. The Labute approximate surface area is 170 Å². The van der Waals surface area contributed by atoms with E-state index in [1.54, 1.807) is 36.2 Å². The average molecular weight is 388 g/mol. The van der Waals surface area contributed by atoms with Crippen LogP contribution in [0.25, 0.3) is 0 Å². The van der Waals surface area contributed by atoms with Crippen LogP contribution in [0.1, 0.15) is 21.5 Å². The summed E-state index contributed by atoms with van der Waals surface area (Å²) >= 11 is 0. The predicted molar refractivity (Wildman–Crippen MR) is 116 cm³/mol. The molecule has 29 heavy (non-hydrogen) atoms. The minimum Gasteiger partial charge on any atom is -0.483 e. The first-order valence-electron chi connectivity index (χ1n) is 9.37. The molecule has 148 valence electrons. The lowest BCUT2D eigenvalue weighted by Crippen LogP contribution is -2.26. The first kappa shape index (κ1) is 20.1. The fourth-order valence-corrected chi connectivity index (χ4v) is 2.96. The highest BCUT2D eigenvalue weighted by molar-refractivity contribution is 6.06. The molecule has 0 fully saturated rings. The first-order chi connectivity index (χ1) is 13.9. The van der Waals surface area contributed by atoms with Gasteiger partial charge in [-0.3, -0.25) is 9.59 Å². The van der Waals surface area contributed by atoms with Crippen molar-refractivity contribution >= 4 is 23.2 Å². The Kier molecular flexibility index (Phi) is 6.29. The van der Waals surface area contributed by atoms with Crippen LogP contribution in [0, 0.1) is 13.8 Å². The van der Waals surface area contributed by atoms with Gasteiger partial charge >= 0.3 is 0 Å². The van der Waals surface area contributed by atoms with Gasteiger partial charge in [-0.2, -0.15) is 0 Å². The average Bonchev–Trinajstić information content (AvgIpc) is 2.73. The van der Waals surface area contributed by atoms with E-state index in [-0.39, 0.29) is 18.4 Å². The second-order valence-electron chi connectivity index (χ2n) is 6.88. The minimum atomic E-state index is -0.259. The Hall–Kier alpha value is -3.60. The molecule has 0 heterocycles. The Morgan fingerprint density at radius 3 is 2.28 bits per heavy atom. The molecule has 0 radical (unpaired) electrons. The molecule has 0 saturated heterocycles. The minimum absolute atomic E-state index is 0.0820. The van der Waals surface area contributed by atoms with Crippen LogP contribution in [0.3, 0.4) is 0 Å². The Bertz CT molecular complexity index is 998. The number of aryl methyl sites for hydroxylation is 2. The molecule has 5 nitrogen and oxygen atoms in total. The van der Waals surface area contributed by atoms with Gasteiger partial charge in [0, 0.05) is 24.0 Å². The Morgan fingerprint density at radius 2 is 1.62 bits per heavy atom. The second kappa shape index (κ2) is 9.06. The molecule has 0 aromatic heterocycles. The fraction of sp³-hybridized carbons (Fsp3) is 0.167. The van der Waals surface area contributed by atoms with E-state index in [1.165, 1.54) is 0 Å². The molecule has 3 rings (SSSR count). The summed E-state index contributed by atoms with van der Waals surface area (Å²) in [5.41, 5.74) is 4.10. The maximum Gasteiger partial charge on any atom is 0.262 e. The van der Waals surface area contributed by atoms with Crippen molar-refractivity contribution < 1.29 is 14.3 Å². The van der Waals surface area contributed by atoms with Crippen LogP contribution in [0.5, 0.6) is 5.75 Å². The zero-order chi connectivity index (χ0) is 20.8. The number of rotatable bonds is 6. The summed E-state index contributed by atoms with van der Waals surface area (Å²) in [6.45, 7) is 3.87. The van der Waals surface area contributed by atoms with Gasteiger partial charge in [0.2, 0.25) is 0 Å².